The van der Waals surface area contributed by atoms with Crippen LogP contribution in [0.5, 0.6) is 0 Å². The largest absolute Gasteiger partial charge is 0.310 e. The van der Waals surface area contributed by atoms with Gasteiger partial charge in [0.2, 0.25) is 0 Å². The number of nitrogens with zero attached hydrogens (tertiary/aromatic N) is 2. The third-order valence-corrected chi connectivity index (χ3v) is 4.66. The minimum absolute atomic E-state index is 0.499. The molecule has 98 valence electrons. The predicted octanol–water partition coefficient (Wildman–Crippen LogP) is 3.56. The summed E-state index contributed by atoms with van der Waals surface area (Å²) in [5.74, 6) is 0. The van der Waals surface area contributed by atoms with E-state index in [-0.39, 0.29) is 0 Å². The maximum atomic E-state index is 4.57. The zero-order chi connectivity index (χ0) is 13.1. The van der Waals surface area contributed by atoms with Gasteiger partial charge >= 0.3 is 0 Å². The number of nitrogens with one attached hydrogen (secondary N) is 1. The van der Waals surface area contributed by atoms with E-state index < -0.39 is 0 Å². The molecule has 2 aromatic rings. The van der Waals surface area contributed by atoms with Gasteiger partial charge < -0.3 is 5.32 Å². The van der Waals surface area contributed by atoms with Crippen LogP contribution in [0.15, 0.2) is 22.1 Å². The maximum absolute atomic E-state index is 4.57. The molecule has 18 heavy (non-hydrogen) atoms. The van der Waals surface area contributed by atoms with Crippen molar-refractivity contribution in [3.8, 4) is 0 Å². The molecule has 2 rings (SSSR count). The van der Waals surface area contributed by atoms with Gasteiger partial charge in [0, 0.05) is 33.7 Å². The third-order valence-electron chi connectivity index (χ3n) is 2.75. The second-order valence-electron chi connectivity index (χ2n) is 4.66. The van der Waals surface area contributed by atoms with Gasteiger partial charge in [0.05, 0.1) is 12.2 Å². The Morgan fingerprint density at radius 3 is 2.89 bits per heavy atom. The predicted molar refractivity (Wildman–Crippen MR) is 80.1 cm³/mol. The highest BCUT2D eigenvalue weighted by Crippen LogP contribution is 2.23. The minimum Gasteiger partial charge on any atom is -0.310 e. The number of hydrogen-bond acceptors (Lipinski definition) is 3. The molecule has 0 aliphatic rings. The Morgan fingerprint density at radius 1 is 1.50 bits per heavy atom. The van der Waals surface area contributed by atoms with E-state index in [1.165, 1.54) is 14.9 Å². The number of aromatic nitrogens is 2. The molecule has 0 fully saturated rings. The number of rotatable bonds is 5. The van der Waals surface area contributed by atoms with Crippen LogP contribution in [0.1, 0.15) is 30.0 Å². The van der Waals surface area contributed by atoms with Gasteiger partial charge in [-0.3, -0.25) is 4.68 Å². The highest BCUT2D eigenvalue weighted by Gasteiger charge is 2.08. The van der Waals surface area contributed by atoms with Crippen molar-refractivity contribution in [3.63, 3.8) is 0 Å². The van der Waals surface area contributed by atoms with Gasteiger partial charge in [0.1, 0.15) is 0 Å². The molecule has 0 atom stereocenters. The fraction of sp³-hybridized carbons (Fsp3) is 0.462. The van der Waals surface area contributed by atoms with Crippen LogP contribution in [0.25, 0.3) is 0 Å². The normalized spacial score (nSPS) is 11.4. The summed E-state index contributed by atoms with van der Waals surface area (Å²) in [6.07, 6.45) is 2.14. The lowest BCUT2D eigenvalue weighted by molar-refractivity contribution is 0.587. The lowest BCUT2D eigenvalue weighted by Gasteiger charge is -2.06. The van der Waals surface area contributed by atoms with Crippen molar-refractivity contribution in [2.45, 2.75) is 39.9 Å². The average molecular weight is 328 g/mol. The maximum Gasteiger partial charge on any atom is 0.0763 e. The molecular formula is C13H18BrN3S. The van der Waals surface area contributed by atoms with Crippen LogP contribution < -0.4 is 5.32 Å². The molecule has 0 amide bonds. The summed E-state index contributed by atoms with van der Waals surface area (Å²) in [4.78, 5) is 1.31. The first-order chi connectivity index (χ1) is 8.56. The summed E-state index contributed by atoms with van der Waals surface area (Å²) in [7, 11) is 0. The molecule has 0 saturated carbocycles. The molecule has 0 unspecified atom stereocenters. The summed E-state index contributed by atoms with van der Waals surface area (Å²) < 4.78 is 3.19. The van der Waals surface area contributed by atoms with Crippen molar-refractivity contribution in [2.24, 2.45) is 0 Å². The number of hydrogen-bond donors (Lipinski definition) is 1. The van der Waals surface area contributed by atoms with Crippen LogP contribution in [0.3, 0.4) is 0 Å². The van der Waals surface area contributed by atoms with E-state index in [1.54, 1.807) is 11.3 Å². The highest BCUT2D eigenvalue weighted by atomic mass is 79.9. The SMILES string of the molecule is Cc1nn(Cc2sccc2Br)cc1CNC(C)C. The van der Waals surface area contributed by atoms with Crippen molar-refractivity contribution in [3.05, 3.63) is 38.3 Å². The fourth-order valence-electron chi connectivity index (χ4n) is 1.71. The Kier molecular flexibility index (Phi) is 4.59. The van der Waals surface area contributed by atoms with Crippen molar-refractivity contribution < 1.29 is 0 Å². The van der Waals surface area contributed by atoms with E-state index in [2.05, 4.69) is 64.8 Å². The molecule has 0 spiro atoms. The molecule has 3 nitrogen and oxygen atoms in total. The highest BCUT2D eigenvalue weighted by molar-refractivity contribution is 9.10. The summed E-state index contributed by atoms with van der Waals surface area (Å²) in [6.45, 7) is 8.10. The minimum atomic E-state index is 0.499. The summed E-state index contributed by atoms with van der Waals surface area (Å²) in [5, 5.41) is 10.1. The topological polar surface area (TPSA) is 29.9 Å². The van der Waals surface area contributed by atoms with Crippen LogP contribution in [0, 0.1) is 6.92 Å². The third kappa shape index (κ3) is 3.43. The molecule has 1 N–H and O–H groups in total. The van der Waals surface area contributed by atoms with E-state index in [4.69, 9.17) is 0 Å². The summed E-state index contributed by atoms with van der Waals surface area (Å²) in [6, 6.07) is 2.58. The smallest absolute Gasteiger partial charge is 0.0763 e. The van der Waals surface area contributed by atoms with E-state index in [0.29, 0.717) is 6.04 Å². The molecule has 0 bridgehead atoms. The van der Waals surface area contributed by atoms with E-state index in [9.17, 15) is 0 Å². The molecule has 0 aromatic carbocycles. The Morgan fingerprint density at radius 2 is 2.28 bits per heavy atom. The lowest BCUT2D eigenvalue weighted by Crippen LogP contribution is -2.21. The Bertz CT molecular complexity index is 516. The van der Waals surface area contributed by atoms with Gasteiger partial charge in [-0.05, 0) is 34.3 Å². The van der Waals surface area contributed by atoms with Gasteiger partial charge in [-0.2, -0.15) is 5.10 Å². The van der Waals surface area contributed by atoms with Gasteiger partial charge in [0.15, 0.2) is 0 Å². The number of aryl methyl sites for hydroxylation is 1. The van der Waals surface area contributed by atoms with Crippen molar-refractivity contribution in [1.82, 2.24) is 15.1 Å². The first-order valence-corrected chi connectivity index (χ1v) is 7.71. The van der Waals surface area contributed by atoms with Crippen LogP contribution in [0.4, 0.5) is 0 Å². The first-order valence-electron chi connectivity index (χ1n) is 6.04. The van der Waals surface area contributed by atoms with E-state index >= 15 is 0 Å². The molecule has 5 heteroatoms. The van der Waals surface area contributed by atoms with Crippen LogP contribution in [-0.2, 0) is 13.1 Å². The second kappa shape index (κ2) is 5.99. The van der Waals surface area contributed by atoms with Gasteiger partial charge in [-0.25, -0.2) is 0 Å². The second-order valence-corrected chi connectivity index (χ2v) is 6.52. The van der Waals surface area contributed by atoms with Crippen molar-refractivity contribution >= 4 is 27.3 Å². The molecule has 0 saturated heterocycles. The monoisotopic (exact) mass is 327 g/mol. The molecule has 2 heterocycles. The molecule has 0 radical (unpaired) electrons. The van der Waals surface area contributed by atoms with E-state index in [1.807, 2.05) is 4.68 Å². The van der Waals surface area contributed by atoms with E-state index in [0.717, 1.165) is 18.8 Å². The summed E-state index contributed by atoms with van der Waals surface area (Å²) >= 11 is 5.31. The fourth-order valence-corrected chi connectivity index (χ4v) is 3.18. The zero-order valence-corrected chi connectivity index (χ0v) is 13.3. The van der Waals surface area contributed by atoms with Crippen LogP contribution >= 0.6 is 27.3 Å². The standard InChI is InChI=1S/C13H18BrN3S/c1-9(2)15-6-11-7-17(16-10(11)3)8-13-12(14)4-5-18-13/h4-5,7,9,15H,6,8H2,1-3H3. The van der Waals surface area contributed by atoms with Crippen molar-refractivity contribution in [2.75, 3.05) is 0 Å². The van der Waals surface area contributed by atoms with Crippen LogP contribution in [-0.4, -0.2) is 15.8 Å². The number of thiophene rings is 1. The quantitative estimate of drug-likeness (QED) is 0.909. The summed E-state index contributed by atoms with van der Waals surface area (Å²) in [5.41, 5.74) is 2.38. The van der Waals surface area contributed by atoms with Gasteiger partial charge in [-0.15, -0.1) is 11.3 Å². The Hall–Kier alpha value is -0.650. The first kappa shape index (κ1) is 13.8. The average Bonchev–Trinajstić information content (AvgIpc) is 2.84. The lowest BCUT2D eigenvalue weighted by atomic mass is 10.2. The van der Waals surface area contributed by atoms with Crippen LogP contribution in [0.2, 0.25) is 0 Å². The van der Waals surface area contributed by atoms with Gasteiger partial charge in [-0.1, -0.05) is 13.8 Å². The van der Waals surface area contributed by atoms with Crippen molar-refractivity contribution in [1.29, 1.82) is 0 Å². The molecule has 0 aliphatic carbocycles. The molecule has 2 aromatic heterocycles. The number of halogens is 1. The van der Waals surface area contributed by atoms with Gasteiger partial charge in [0.25, 0.3) is 0 Å². The molecule has 0 aliphatic heterocycles. The zero-order valence-electron chi connectivity index (χ0n) is 10.9. The Labute approximate surface area is 120 Å². The Balaban J connectivity index is 2.07. The molecular weight excluding hydrogens is 310 g/mol.